The first kappa shape index (κ1) is 22.0. The van der Waals surface area contributed by atoms with Gasteiger partial charge in [0, 0.05) is 50.4 Å². The Morgan fingerprint density at radius 1 is 0.968 bits per heavy atom. The molecule has 8 nitrogen and oxygen atoms in total. The van der Waals surface area contributed by atoms with Crippen LogP contribution in [0.1, 0.15) is 39.1 Å². The number of anilines is 1. The first-order chi connectivity index (χ1) is 14.9. The molecule has 3 rings (SSSR count). The topological polar surface area (TPSA) is 98.8 Å². The van der Waals surface area contributed by atoms with Crippen LogP contribution < -0.4 is 15.5 Å². The molecule has 1 saturated heterocycles. The van der Waals surface area contributed by atoms with E-state index in [4.69, 9.17) is 0 Å². The van der Waals surface area contributed by atoms with Crippen molar-refractivity contribution in [2.45, 2.75) is 19.4 Å². The minimum atomic E-state index is -0.351. The van der Waals surface area contributed by atoms with Crippen molar-refractivity contribution >= 4 is 29.3 Å². The quantitative estimate of drug-likeness (QED) is 0.707. The molecule has 1 aliphatic heterocycles. The van der Waals surface area contributed by atoms with Crippen LogP contribution in [0.25, 0.3) is 0 Å². The standard InChI is InChI=1S/C23H26N4O4/c1-24-22(30)17-7-5-16(6-8-17)15-26(2)21(29)14-25-23(31)18-9-11-19(12-10-18)27-13-3-4-20(27)28/h5-12H,3-4,13-15H2,1-2H3,(H,24,30)(H,25,31). The third-order valence-electron chi connectivity index (χ3n) is 5.20. The molecule has 0 unspecified atom stereocenters. The largest absolute Gasteiger partial charge is 0.355 e. The lowest BCUT2D eigenvalue weighted by Gasteiger charge is -2.18. The van der Waals surface area contributed by atoms with Crippen LogP contribution in [0.5, 0.6) is 0 Å². The summed E-state index contributed by atoms with van der Waals surface area (Å²) in [7, 11) is 3.23. The number of likely N-dealkylation sites (N-methyl/N-ethyl adjacent to an activating group) is 1. The van der Waals surface area contributed by atoms with Crippen molar-refractivity contribution in [3.8, 4) is 0 Å². The van der Waals surface area contributed by atoms with Crippen LogP contribution in [-0.2, 0) is 16.1 Å². The molecule has 0 spiro atoms. The molecule has 0 atom stereocenters. The van der Waals surface area contributed by atoms with Gasteiger partial charge >= 0.3 is 0 Å². The highest BCUT2D eigenvalue weighted by Crippen LogP contribution is 2.21. The minimum absolute atomic E-state index is 0.0918. The molecular weight excluding hydrogens is 396 g/mol. The molecule has 2 aromatic carbocycles. The van der Waals surface area contributed by atoms with Gasteiger partial charge in [-0.05, 0) is 48.4 Å². The van der Waals surface area contributed by atoms with E-state index >= 15 is 0 Å². The van der Waals surface area contributed by atoms with E-state index in [0.717, 1.165) is 17.7 Å². The van der Waals surface area contributed by atoms with E-state index < -0.39 is 0 Å². The first-order valence-corrected chi connectivity index (χ1v) is 10.1. The first-order valence-electron chi connectivity index (χ1n) is 10.1. The molecule has 1 fully saturated rings. The fraction of sp³-hybridized carbons (Fsp3) is 0.304. The number of carbonyl (C=O) groups is 4. The summed E-state index contributed by atoms with van der Waals surface area (Å²) in [5.41, 5.74) is 2.63. The van der Waals surface area contributed by atoms with Crippen molar-refractivity contribution < 1.29 is 19.2 Å². The van der Waals surface area contributed by atoms with Gasteiger partial charge in [-0.3, -0.25) is 19.2 Å². The Morgan fingerprint density at radius 2 is 1.58 bits per heavy atom. The van der Waals surface area contributed by atoms with Crippen LogP contribution in [-0.4, -0.2) is 55.7 Å². The molecule has 1 heterocycles. The summed E-state index contributed by atoms with van der Waals surface area (Å²) in [5, 5.41) is 5.19. The van der Waals surface area contributed by atoms with Gasteiger partial charge in [-0.2, -0.15) is 0 Å². The fourth-order valence-corrected chi connectivity index (χ4v) is 3.37. The Morgan fingerprint density at radius 3 is 2.16 bits per heavy atom. The molecule has 0 radical (unpaired) electrons. The maximum atomic E-state index is 12.4. The number of rotatable bonds is 7. The maximum absolute atomic E-state index is 12.4. The van der Waals surface area contributed by atoms with Crippen molar-refractivity contribution in [1.82, 2.24) is 15.5 Å². The molecule has 8 heteroatoms. The Balaban J connectivity index is 1.49. The summed E-state index contributed by atoms with van der Waals surface area (Å²) < 4.78 is 0. The molecule has 31 heavy (non-hydrogen) atoms. The SMILES string of the molecule is CNC(=O)c1ccc(CN(C)C(=O)CNC(=O)c2ccc(N3CCCC3=O)cc2)cc1. The number of amides is 4. The molecule has 1 aliphatic rings. The Labute approximate surface area is 181 Å². The van der Waals surface area contributed by atoms with Gasteiger partial charge in [-0.25, -0.2) is 0 Å². The zero-order valence-electron chi connectivity index (χ0n) is 17.7. The Bertz CT molecular complexity index is 970. The van der Waals surface area contributed by atoms with E-state index in [1.54, 1.807) is 67.5 Å². The lowest BCUT2D eigenvalue weighted by molar-refractivity contribution is -0.129. The van der Waals surface area contributed by atoms with Gasteiger partial charge in [-0.1, -0.05) is 12.1 Å². The summed E-state index contributed by atoms with van der Waals surface area (Å²) in [6.07, 6.45) is 1.39. The molecule has 0 bridgehead atoms. The Kier molecular flexibility index (Phi) is 7.02. The van der Waals surface area contributed by atoms with Crippen molar-refractivity contribution in [3.05, 3.63) is 65.2 Å². The number of carbonyl (C=O) groups excluding carboxylic acids is 4. The second-order valence-corrected chi connectivity index (χ2v) is 7.40. The minimum Gasteiger partial charge on any atom is -0.355 e. The lowest BCUT2D eigenvalue weighted by Crippen LogP contribution is -2.37. The summed E-state index contributed by atoms with van der Waals surface area (Å²) in [5.74, 6) is -0.660. The third kappa shape index (κ3) is 5.48. The van der Waals surface area contributed by atoms with E-state index in [9.17, 15) is 19.2 Å². The average Bonchev–Trinajstić information content (AvgIpc) is 3.23. The van der Waals surface area contributed by atoms with Gasteiger partial charge in [0.2, 0.25) is 11.8 Å². The smallest absolute Gasteiger partial charge is 0.251 e. The highest BCUT2D eigenvalue weighted by atomic mass is 16.2. The van der Waals surface area contributed by atoms with Crippen molar-refractivity contribution in [2.24, 2.45) is 0 Å². The van der Waals surface area contributed by atoms with Crippen molar-refractivity contribution in [3.63, 3.8) is 0 Å². The average molecular weight is 422 g/mol. The summed E-state index contributed by atoms with van der Waals surface area (Å²) in [6, 6.07) is 13.8. The fourth-order valence-electron chi connectivity index (χ4n) is 3.37. The van der Waals surface area contributed by atoms with E-state index in [-0.39, 0.29) is 30.2 Å². The van der Waals surface area contributed by atoms with Crippen LogP contribution in [0.2, 0.25) is 0 Å². The van der Waals surface area contributed by atoms with Gasteiger partial charge in [0.1, 0.15) is 0 Å². The third-order valence-corrected chi connectivity index (χ3v) is 5.20. The summed E-state index contributed by atoms with van der Waals surface area (Å²) in [6.45, 7) is 0.930. The second-order valence-electron chi connectivity index (χ2n) is 7.40. The highest BCUT2D eigenvalue weighted by molar-refractivity contribution is 5.98. The monoisotopic (exact) mass is 422 g/mol. The highest BCUT2D eigenvalue weighted by Gasteiger charge is 2.21. The number of nitrogens with one attached hydrogen (secondary N) is 2. The zero-order valence-corrected chi connectivity index (χ0v) is 17.7. The molecule has 0 saturated carbocycles. The number of benzene rings is 2. The van der Waals surface area contributed by atoms with Gasteiger partial charge < -0.3 is 20.4 Å². The van der Waals surface area contributed by atoms with Gasteiger partial charge in [0.05, 0.1) is 6.54 Å². The van der Waals surface area contributed by atoms with E-state index in [1.807, 2.05) is 0 Å². The molecule has 162 valence electrons. The van der Waals surface area contributed by atoms with Crippen molar-refractivity contribution in [2.75, 3.05) is 32.1 Å². The molecule has 0 aliphatic carbocycles. The molecule has 2 N–H and O–H groups in total. The molecule has 0 aromatic heterocycles. The van der Waals surface area contributed by atoms with Gasteiger partial charge in [0.25, 0.3) is 11.8 Å². The zero-order chi connectivity index (χ0) is 22.4. The van der Waals surface area contributed by atoms with Crippen LogP contribution in [0.4, 0.5) is 5.69 Å². The number of hydrogen-bond acceptors (Lipinski definition) is 4. The van der Waals surface area contributed by atoms with Crippen LogP contribution in [0.3, 0.4) is 0 Å². The van der Waals surface area contributed by atoms with Gasteiger partial charge in [0.15, 0.2) is 0 Å². The number of hydrogen-bond donors (Lipinski definition) is 2. The lowest BCUT2D eigenvalue weighted by atomic mass is 10.1. The maximum Gasteiger partial charge on any atom is 0.251 e. The van der Waals surface area contributed by atoms with Crippen LogP contribution >= 0.6 is 0 Å². The predicted octanol–water partition coefficient (Wildman–Crippen LogP) is 1.56. The Hall–Kier alpha value is -3.68. The van der Waals surface area contributed by atoms with Gasteiger partial charge in [-0.15, -0.1) is 0 Å². The number of nitrogens with zero attached hydrogens (tertiary/aromatic N) is 2. The summed E-state index contributed by atoms with van der Waals surface area (Å²) >= 11 is 0. The van der Waals surface area contributed by atoms with E-state index in [1.165, 1.54) is 4.90 Å². The van der Waals surface area contributed by atoms with Crippen molar-refractivity contribution in [1.29, 1.82) is 0 Å². The normalized spacial score (nSPS) is 13.1. The van der Waals surface area contributed by atoms with Crippen LogP contribution in [0, 0.1) is 0 Å². The van der Waals surface area contributed by atoms with E-state index in [2.05, 4.69) is 10.6 Å². The molecule has 4 amide bonds. The summed E-state index contributed by atoms with van der Waals surface area (Å²) in [4.78, 5) is 51.3. The second kappa shape index (κ2) is 9.88. The molecule has 2 aromatic rings. The molecular formula is C23H26N4O4. The van der Waals surface area contributed by atoms with E-state index in [0.29, 0.717) is 30.6 Å². The predicted molar refractivity (Wildman–Crippen MR) is 117 cm³/mol. The van der Waals surface area contributed by atoms with Crippen LogP contribution in [0.15, 0.2) is 48.5 Å².